The maximum Gasteiger partial charge on any atom is -0.0164 e. The molecule has 0 N–H and O–H groups in total. The summed E-state index contributed by atoms with van der Waals surface area (Å²) in [4.78, 5) is 0. The molecule has 0 radical (unpaired) electrons. The Hall–Kier alpha value is -0.520. The van der Waals surface area contributed by atoms with Gasteiger partial charge in [0.05, 0.1) is 0 Å². The molecule has 0 atom stereocenters. The van der Waals surface area contributed by atoms with Crippen molar-refractivity contribution in [2.75, 3.05) is 0 Å². The molecule has 0 aromatic rings. The summed E-state index contributed by atoms with van der Waals surface area (Å²) in [6.07, 6.45) is 5.65. The minimum Gasteiger partial charge on any atom is -0.0821 e. The van der Waals surface area contributed by atoms with Crippen molar-refractivity contribution < 1.29 is 0 Å². The molecule has 0 rings (SSSR count). The van der Waals surface area contributed by atoms with Crippen LogP contribution in [0.4, 0.5) is 0 Å². The molecular weight excluding hydrogens is 144 g/mol. The van der Waals surface area contributed by atoms with E-state index in [4.69, 9.17) is 0 Å². The zero-order valence-electron chi connectivity index (χ0n) is 9.36. The molecule has 0 unspecified atom stereocenters. The largest absolute Gasteiger partial charge is 0.0821 e. The number of rotatable bonds is 2. The quantitative estimate of drug-likeness (QED) is 0.535. The van der Waals surface area contributed by atoms with Crippen LogP contribution in [-0.4, -0.2) is 0 Å². The second-order valence-corrected chi connectivity index (χ2v) is 4.65. The van der Waals surface area contributed by atoms with Crippen molar-refractivity contribution in [1.29, 1.82) is 0 Å². The van der Waals surface area contributed by atoms with E-state index in [-0.39, 0.29) is 0 Å². The van der Waals surface area contributed by atoms with Crippen LogP contribution in [0.25, 0.3) is 0 Å². The van der Waals surface area contributed by atoms with Crippen LogP contribution >= 0.6 is 0 Å². The molecular formula is C12H22. The van der Waals surface area contributed by atoms with E-state index in [1.807, 2.05) is 0 Å². The molecule has 0 aliphatic rings. The van der Waals surface area contributed by atoms with Gasteiger partial charge in [0.1, 0.15) is 0 Å². The van der Waals surface area contributed by atoms with E-state index in [0.29, 0.717) is 5.41 Å². The summed E-state index contributed by atoms with van der Waals surface area (Å²) < 4.78 is 0. The lowest BCUT2D eigenvalue weighted by Crippen LogP contribution is -2.05. The molecule has 0 amide bonds. The third-order valence-corrected chi connectivity index (χ3v) is 2.13. The standard InChI is InChI=1S/C12H22/c1-10(2)8-7-9-11(3)12(4,5)6/h8-9H,7H2,1-6H3/b11-9+. The summed E-state index contributed by atoms with van der Waals surface area (Å²) >= 11 is 0. The lowest BCUT2D eigenvalue weighted by molar-refractivity contribution is 0.502. The average molecular weight is 166 g/mol. The highest BCUT2D eigenvalue weighted by atomic mass is 14.2. The van der Waals surface area contributed by atoms with Crippen molar-refractivity contribution in [2.45, 2.75) is 48.0 Å². The lowest BCUT2D eigenvalue weighted by atomic mass is 9.87. The van der Waals surface area contributed by atoms with Crippen LogP contribution in [0, 0.1) is 5.41 Å². The fourth-order valence-electron chi connectivity index (χ4n) is 0.778. The van der Waals surface area contributed by atoms with E-state index >= 15 is 0 Å². The van der Waals surface area contributed by atoms with Gasteiger partial charge in [0, 0.05) is 0 Å². The summed E-state index contributed by atoms with van der Waals surface area (Å²) in [6.45, 7) is 13.2. The highest BCUT2D eigenvalue weighted by molar-refractivity contribution is 5.10. The van der Waals surface area contributed by atoms with E-state index in [9.17, 15) is 0 Å². The Labute approximate surface area is 77.4 Å². The molecule has 0 aromatic carbocycles. The molecule has 0 nitrogen and oxygen atoms in total. The zero-order chi connectivity index (χ0) is 9.78. The molecule has 0 bridgehead atoms. The average Bonchev–Trinajstić information content (AvgIpc) is 1.84. The Kier molecular flexibility index (Phi) is 4.30. The third kappa shape index (κ3) is 5.17. The summed E-state index contributed by atoms with van der Waals surface area (Å²) in [5.74, 6) is 0. The Morgan fingerprint density at radius 2 is 1.50 bits per heavy atom. The highest BCUT2D eigenvalue weighted by Gasteiger charge is 2.10. The van der Waals surface area contributed by atoms with Crippen LogP contribution in [0.1, 0.15) is 48.0 Å². The van der Waals surface area contributed by atoms with Gasteiger partial charge in [0.15, 0.2) is 0 Å². The molecule has 0 aliphatic carbocycles. The molecule has 0 aromatic heterocycles. The van der Waals surface area contributed by atoms with Gasteiger partial charge in [-0.2, -0.15) is 0 Å². The molecule has 0 saturated carbocycles. The van der Waals surface area contributed by atoms with Crippen molar-refractivity contribution >= 4 is 0 Å². The second-order valence-electron chi connectivity index (χ2n) is 4.65. The van der Waals surface area contributed by atoms with Gasteiger partial charge in [-0.3, -0.25) is 0 Å². The Morgan fingerprint density at radius 3 is 1.83 bits per heavy atom. The van der Waals surface area contributed by atoms with E-state index in [1.165, 1.54) is 11.1 Å². The van der Waals surface area contributed by atoms with Crippen LogP contribution in [-0.2, 0) is 0 Å². The minimum absolute atomic E-state index is 0.329. The maximum atomic E-state index is 2.31. The normalized spacial score (nSPS) is 13.0. The van der Waals surface area contributed by atoms with Gasteiger partial charge < -0.3 is 0 Å². The summed E-state index contributed by atoms with van der Waals surface area (Å²) in [6, 6.07) is 0. The van der Waals surface area contributed by atoms with Crippen molar-refractivity contribution in [2.24, 2.45) is 5.41 Å². The Bertz CT molecular complexity index is 183. The Morgan fingerprint density at radius 1 is 1.00 bits per heavy atom. The van der Waals surface area contributed by atoms with E-state index in [1.54, 1.807) is 0 Å². The van der Waals surface area contributed by atoms with Crippen LogP contribution < -0.4 is 0 Å². The van der Waals surface area contributed by atoms with Gasteiger partial charge in [-0.05, 0) is 32.6 Å². The second kappa shape index (κ2) is 4.49. The maximum absolute atomic E-state index is 2.31. The smallest absolute Gasteiger partial charge is 0.0164 e. The van der Waals surface area contributed by atoms with Gasteiger partial charge in [-0.15, -0.1) is 0 Å². The molecule has 0 fully saturated rings. The summed E-state index contributed by atoms with van der Waals surface area (Å²) in [5.41, 5.74) is 3.20. The summed E-state index contributed by atoms with van der Waals surface area (Å²) in [5, 5.41) is 0. The number of hydrogen-bond acceptors (Lipinski definition) is 0. The molecule has 0 spiro atoms. The first-order valence-corrected chi connectivity index (χ1v) is 4.64. The van der Waals surface area contributed by atoms with Crippen molar-refractivity contribution in [3.05, 3.63) is 23.3 Å². The predicted molar refractivity (Wildman–Crippen MR) is 57.3 cm³/mol. The van der Waals surface area contributed by atoms with Crippen LogP contribution in [0.15, 0.2) is 23.3 Å². The Balaban J connectivity index is 4.12. The number of allylic oxidation sites excluding steroid dienone is 4. The highest BCUT2D eigenvalue weighted by Crippen LogP contribution is 2.24. The minimum atomic E-state index is 0.329. The molecule has 70 valence electrons. The molecule has 0 saturated heterocycles. The van der Waals surface area contributed by atoms with Crippen LogP contribution in [0.3, 0.4) is 0 Å². The van der Waals surface area contributed by atoms with Gasteiger partial charge in [-0.25, -0.2) is 0 Å². The van der Waals surface area contributed by atoms with Gasteiger partial charge in [0.2, 0.25) is 0 Å². The molecule has 0 aliphatic heterocycles. The van der Waals surface area contributed by atoms with E-state index < -0.39 is 0 Å². The fraction of sp³-hybridized carbons (Fsp3) is 0.667. The van der Waals surface area contributed by atoms with Crippen LogP contribution in [0.5, 0.6) is 0 Å². The first-order valence-electron chi connectivity index (χ1n) is 4.64. The van der Waals surface area contributed by atoms with E-state index in [2.05, 4.69) is 53.7 Å². The van der Waals surface area contributed by atoms with E-state index in [0.717, 1.165) is 6.42 Å². The van der Waals surface area contributed by atoms with Gasteiger partial charge in [0.25, 0.3) is 0 Å². The zero-order valence-corrected chi connectivity index (χ0v) is 9.36. The van der Waals surface area contributed by atoms with Crippen molar-refractivity contribution in [3.8, 4) is 0 Å². The van der Waals surface area contributed by atoms with Gasteiger partial charge >= 0.3 is 0 Å². The van der Waals surface area contributed by atoms with Crippen molar-refractivity contribution in [1.82, 2.24) is 0 Å². The first kappa shape index (κ1) is 11.5. The summed E-state index contributed by atoms with van der Waals surface area (Å²) in [7, 11) is 0. The SMILES string of the molecule is CC(C)=CC/C=C(\C)C(C)(C)C. The number of hydrogen-bond donors (Lipinski definition) is 0. The first-order chi connectivity index (χ1) is 5.34. The van der Waals surface area contributed by atoms with Gasteiger partial charge in [-0.1, -0.05) is 44.1 Å². The molecule has 12 heavy (non-hydrogen) atoms. The van der Waals surface area contributed by atoms with Crippen molar-refractivity contribution in [3.63, 3.8) is 0 Å². The topological polar surface area (TPSA) is 0 Å². The molecule has 0 heteroatoms. The third-order valence-electron chi connectivity index (χ3n) is 2.13. The monoisotopic (exact) mass is 166 g/mol. The lowest BCUT2D eigenvalue weighted by Gasteiger charge is -2.19. The molecule has 0 heterocycles. The predicted octanol–water partition coefficient (Wildman–Crippen LogP) is 4.34. The van der Waals surface area contributed by atoms with Crippen LogP contribution in [0.2, 0.25) is 0 Å². The fourth-order valence-corrected chi connectivity index (χ4v) is 0.778.